The van der Waals surface area contributed by atoms with Crippen LogP contribution in [0.4, 0.5) is 63.6 Å². The molecule has 9 N–H and O–H groups in total. The summed E-state index contributed by atoms with van der Waals surface area (Å²) in [5.41, 5.74) is 6.38. The van der Waals surface area contributed by atoms with E-state index < -0.39 is 137 Å². The number of Topliss-reactive ketones (excluding diaryl/α,β-unsaturated/α-hetero) is 3. The topological polar surface area (TPSA) is 445 Å². The quantitative estimate of drug-likeness (QED) is 0.00951. The van der Waals surface area contributed by atoms with Gasteiger partial charge < -0.3 is 69.7 Å². The normalized spacial score (nSPS) is 12.6. The number of carbonyl (C=O) groups excluding carboxylic acids is 11. The summed E-state index contributed by atoms with van der Waals surface area (Å²) in [7, 11) is -1.48. The number of halogens is 8. The van der Waals surface area contributed by atoms with Crippen molar-refractivity contribution < 1.29 is 109 Å². The number of hydrogen-bond acceptors (Lipinski definition) is 19. The Bertz CT molecular complexity index is 7440. The highest BCUT2D eigenvalue weighted by Crippen LogP contribution is 2.36. The number of morpholine rings is 1. The van der Waals surface area contributed by atoms with Crippen molar-refractivity contribution in [1.29, 1.82) is 0 Å². The molecule has 144 heavy (non-hydrogen) atoms. The molecule has 12 aromatic rings. The second-order valence-corrected chi connectivity index (χ2v) is 37.0. The molecule has 754 valence electrons. The Morgan fingerprint density at radius 1 is 0.424 bits per heavy atom. The Labute approximate surface area is 821 Å². The third-order valence-corrected chi connectivity index (χ3v) is 26.1. The van der Waals surface area contributed by atoms with E-state index in [1.165, 1.54) is 68.2 Å². The van der Waals surface area contributed by atoms with Gasteiger partial charge in [-0.3, -0.25) is 52.7 Å². The third-order valence-electron chi connectivity index (χ3n) is 23.4. The van der Waals surface area contributed by atoms with Gasteiger partial charge in [0.05, 0.1) is 90.8 Å². The summed E-state index contributed by atoms with van der Waals surface area (Å²) >= 11 is 0. The fourth-order valence-electron chi connectivity index (χ4n) is 14.9. The van der Waals surface area contributed by atoms with E-state index in [9.17, 15) is 105 Å². The molecule has 0 unspecified atom stereocenters. The van der Waals surface area contributed by atoms with E-state index in [-0.39, 0.29) is 92.5 Å². The third kappa shape index (κ3) is 26.2. The standard InChI is InChI=1S/C22H22F2N6O3.C21H24FN3O4.C20H17F3N4O3S.C20H20FN3O3.C16H16FN3O3S/c1-11-18(20(31)22(33)25-9-14-10-30(28-27-14)15-5-6-15)12(2)29(3)19(11)21(32)26-13-4-7-16(23)17(24)8-13;1-12-5-6-15(11-16(12)22)23-20(27)18-13(2)17(14(3)24(18)4)19(26)21(28)25-7-9-29-10-8-25;21-17-6-4-15(8-16(17)20(28)26-12-1-5-18(22)19(23)7-12)31(29,30)25-9-13-10-27(11-24-13)14-2-3-14;1-6-9-22-20(27)18(25)16-12(3)17(24(5)13(16)4)19(26)23-14-8-7-11(2)15(21)10-14;1-4-7-18-24(22,23)13-9-15(20(3)10-13)16(21)19-12-6-5-11(2)14(17)8-12/h4,7-8,10,15H,5-6,9H2,1-3H3,(H,25,33)(H,26,32);5-6,11H,7-10H2,1-4H3,(H,23,27);1,4-8,10-11,14,25H,2-3,9H2,(H,26,28);1,7-8,10H,9H2,2-5H3,(H,22,27)(H,23,26);1,5-6,8-10,18H,7H2,2-3H3,(H,19,21). The smallest absolute Gasteiger partial charge is 0.295 e. The van der Waals surface area contributed by atoms with E-state index in [1.807, 2.05) is 4.57 Å². The van der Waals surface area contributed by atoms with Gasteiger partial charge in [0.1, 0.15) is 56.6 Å². The number of terminal acetylenes is 2. The number of nitrogens with one attached hydrogen (secondary N) is 9. The monoisotopic (exact) mass is 2030 g/mol. The van der Waals surface area contributed by atoms with E-state index in [4.69, 9.17) is 17.6 Å². The average Bonchev–Trinajstić information content (AvgIpc) is 1.66. The highest BCUT2D eigenvalue weighted by molar-refractivity contribution is 7.89. The van der Waals surface area contributed by atoms with Gasteiger partial charge in [-0.05, 0) is 206 Å². The Morgan fingerprint density at radius 2 is 0.833 bits per heavy atom. The Hall–Kier alpha value is -16.1. The first kappa shape index (κ1) is 108. The van der Waals surface area contributed by atoms with E-state index in [0.717, 1.165) is 74.2 Å². The zero-order valence-corrected chi connectivity index (χ0v) is 81.6. The van der Waals surface area contributed by atoms with Crippen LogP contribution < -0.4 is 46.7 Å². The van der Waals surface area contributed by atoms with Gasteiger partial charge in [-0.15, -0.1) is 17.9 Å². The summed E-state index contributed by atoms with van der Waals surface area (Å²) < 4.78 is 177. The van der Waals surface area contributed by atoms with Gasteiger partial charge in [-0.2, -0.15) is 4.72 Å². The number of hydrogen-bond donors (Lipinski definition) is 9. The molecule has 35 nitrogen and oxygen atoms in total. The zero-order valence-electron chi connectivity index (χ0n) is 79.9. The van der Waals surface area contributed by atoms with Crippen LogP contribution in [-0.2, 0) is 80.4 Å². The molecular formula is C99H99F8N19O16S2. The molecule has 6 aromatic heterocycles. The summed E-state index contributed by atoms with van der Waals surface area (Å²) in [5, 5.41) is 25.3. The second-order valence-electron chi connectivity index (χ2n) is 33.5. The number of sulfonamides is 2. The van der Waals surface area contributed by atoms with Crippen LogP contribution in [0.1, 0.15) is 183 Å². The van der Waals surface area contributed by atoms with E-state index in [1.54, 1.807) is 142 Å². The predicted octanol–water partition coefficient (Wildman–Crippen LogP) is 12.3. The minimum Gasteiger partial charge on any atom is -0.378 e. The first-order valence-electron chi connectivity index (χ1n) is 44.1. The molecule has 15 rings (SSSR count). The fraction of sp³-hybridized carbons (Fsp3) is 0.273. The maximum atomic E-state index is 14.2. The molecule has 45 heteroatoms. The summed E-state index contributed by atoms with van der Waals surface area (Å²) in [5.74, 6) is -9.96. The van der Waals surface area contributed by atoms with Crippen LogP contribution in [-0.4, -0.2) is 169 Å². The number of ketones is 3. The predicted molar refractivity (Wildman–Crippen MR) is 513 cm³/mol. The number of amides is 8. The number of carbonyl (C=O) groups is 11. The van der Waals surface area contributed by atoms with Gasteiger partial charge in [-0.25, -0.2) is 66.3 Å². The lowest BCUT2D eigenvalue weighted by molar-refractivity contribution is -0.130. The Morgan fingerprint density at radius 3 is 1.27 bits per heavy atom. The lowest BCUT2D eigenvalue weighted by Gasteiger charge is -2.26. The van der Waals surface area contributed by atoms with E-state index in [0.29, 0.717) is 112 Å². The maximum absolute atomic E-state index is 14.2. The SMILES string of the molecule is C#CCNC(=O)C(=O)c1c(C)c(C(=O)Nc2ccc(C)c(F)c2)n(C)c1C.C#CCNS(=O)(=O)c1cc(C(=O)Nc2ccc(C)c(F)c2)n(C)c1.Cc1c(C(=O)C(=O)NCc2cn(C3CC3)nn2)c(C)n(C)c1C(=O)Nc1ccc(F)c(F)c1.Cc1ccc(NC(=O)c2c(C)c(C(=O)C(=O)N3CCOCC3)c(C)n2C)cc1F.O=C(Nc1ccc(F)c(F)c1)c1cc(S(=O)(=O)NCc2cn(C3CC3)cn2)ccc1F. The zero-order chi connectivity index (χ0) is 106. The van der Waals surface area contributed by atoms with Gasteiger partial charge in [0.25, 0.3) is 64.6 Å². The minimum absolute atomic E-state index is 0.0473. The molecule has 1 aliphatic heterocycles. The van der Waals surface area contributed by atoms with E-state index >= 15 is 0 Å². The van der Waals surface area contributed by atoms with Crippen molar-refractivity contribution in [2.24, 2.45) is 28.2 Å². The molecule has 0 radical (unpaired) electrons. The number of benzene rings is 6. The first-order chi connectivity index (χ1) is 68.0. The second kappa shape index (κ2) is 46.5. The molecule has 8 amide bonds. The molecule has 1 saturated heterocycles. The molecule has 0 atom stereocenters. The van der Waals surface area contributed by atoms with Crippen molar-refractivity contribution in [2.45, 2.75) is 123 Å². The Kier molecular flexibility index (Phi) is 35.0. The van der Waals surface area contributed by atoms with Crippen LogP contribution in [0.25, 0.3) is 0 Å². The lowest BCUT2D eigenvalue weighted by atomic mass is 10.0. The average molecular weight is 2030 g/mol. The van der Waals surface area contributed by atoms with Crippen molar-refractivity contribution in [3.63, 3.8) is 0 Å². The fourth-order valence-corrected chi connectivity index (χ4v) is 16.9. The number of aromatic nitrogens is 9. The summed E-state index contributed by atoms with van der Waals surface area (Å²) in [6, 6.07) is 23.4. The van der Waals surface area contributed by atoms with Crippen molar-refractivity contribution in [3.05, 3.63) is 294 Å². The van der Waals surface area contributed by atoms with Gasteiger partial charge in [0, 0.05) is 117 Å². The molecule has 3 fully saturated rings. The highest BCUT2D eigenvalue weighted by Gasteiger charge is 2.36. The Balaban J connectivity index is 0.000000172. The van der Waals surface area contributed by atoms with Crippen LogP contribution >= 0.6 is 0 Å². The number of ether oxygens (including phenoxy) is 1. The molecule has 6 aromatic carbocycles. The summed E-state index contributed by atoms with van der Waals surface area (Å²) in [6.07, 6.45) is 20.8. The van der Waals surface area contributed by atoms with Crippen LogP contribution in [0, 0.1) is 134 Å². The molecule has 2 saturated carbocycles. The summed E-state index contributed by atoms with van der Waals surface area (Å²) in [4.78, 5) is 143. The molecule has 0 bridgehead atoms. The molecule has 2 aliphatic carbocycles. The number of anilines is 5. The molecule has 3 aliphatic rings. The van der Waals surface area contributed by atoms with Crippen molar-refractivity contribution >= 4 is 113 Å². The maximum Gasteiger partial charge on any atom is 0.295 e. The molecule has 0 spiro atoms. The lowest BCUT2D eigenvalue weighted by Crippen LogP contribution is -2.44. The van der Waals surface area contributed by atoms with Crippen molar-refractivity contribution in [1.82, 2.24) is 67.8 Å². The number of nitrogens with zero attached hydrogens (tertiary/aromatic N) is 10. The van der Waals surface area contributed by atoms with Crippen LogP contribution in [0.2, 0.25) is 0 Å². The van der Waals surface area contributed by atoms with Crippen LogP contribution in [0.3, 0.4) is 0 Å². The van der Waals surface area contributed by atoms with Gasteiger partial charge in [0.15, 0.2) is 23.3 Å². The van der Waals surface area contributed by atoms with Crippen LogP contribution in [0.15, 0.2) is 150 Å². The minimum atomic E-state index is -4.07. The van der Waals surface area contributed by atoms with Crippen molar-refractivity contribution in [3.8, 4) is 24.7 Å². The molecule has 7 heterocycles. The van der Waals surface area contributed by atoms with E-state index in [2.05, 4.69) is 73.8 Å². The highest BCUT2D eigenvalue weighted by atomic mass is 32.2. The largest absolute Gasteiger partial charge is 0.378 e. The molecular weight excluding hydrogens is 1930 g/mol. The number of aryl methyl sites for hydroxylation is 4. The summed E-state index contributed by atoms with van der Waals surface area (Å²) in [6.45, 7) is 15.8. The number of imidazole rings is 1. The van der Waals surface area contributed by atoms with Gasteiger partial charge in [0.2, 0.25) is 20.0 Å². The van der Waals surface area contributed by atoms with Crippen LogP contribution in [0.5, 0.6) is 0 Å². The van der Waals surface area contributed by atoms with Gasteiger partial charge >= 0.3 is 0 Å². The number of rotatable bonds is 28. The van der Waals surface area contributed by atoms with Crippen molar-refractivity contribution in [2.75, 3.05) is 66.0 Å². The van der Waals surface area contributed by atoms with Gasteiger partial charge in [-0.1, -0.05) is 35.3 Å². The first-order valence-corrected chi connectivity index (χ1v) is 47.1.